The Morgan fingerprint density at radius 2 is 1.18 bits per heavy atom. The van der Waals surface area contributed by atoms with E-state index < -0.39 is 0 Å². The maximum absolute atomic E-state index is 10.9. The number of aromatic amines is 2. The highest BCUT2D eigenvalue weighted by Crippen LogP contribution is 2.35. The van der Waals surface area contributed by atoms with Crippen LogP contribution in [0.1, 0.15) is 81.1 Å². The lowest BCUT2D eigenvalue weighted by atomic mass is 10.0. The third-order valence-electron chi connectivity index (χ3n) is 10.4. The van der Waals surface area contributed by atoms with Crippen molar-refractivity contribution in [2.75, 3.05) is 6.61 Å². The second kappa shape index (κ2) is 17.9. The van der Waals surface area contributed by atoms with E-state index in [4.69, 9.17) is 21.3 Å². The Kier molecular flexibility index (Phi) is 11.9. The van der Waals surface area contributed by atoms with Crippen molar-refractivity contribution in [2.24, 2.45) is 0 Å². The van der Waals surface area contributed by atoms with Crippen molar-refractivity contribution < 1.29 is 4.74 Å². The number of hydrogen-bond donors (Lipinski definition) is 2. The zero-order chi connectivity index (χ0) is 39.0. The van der Waals surface area contributed by atoms with Crippen LogP contribution in [0.2, 0.25) is 0 Å². The number of ether oxygens (including phenoxy) is 1. The number of unbranched alkanes of at least 4 members (excludes halogenated alkanes) is 9. The number of benzene rings is 4. The number of para-hydroxylation sites is 2. The third-order valence-corrected chi connectivity index (χ3v) is 12.5. The number of nitrogens with zero attached hydrogens (tertiary/aromatic N) is 4. The van der Waals surface area contributed by atoms with E-state index >= 15 is 0 Å². The number of rotatable bonds is 16. The molecule has 4 heterocycles. The Hall–Kier alpha value is -6.00. The van der Waals surface area contributed by atoms with Gasteiger partial charge in [-0.2, -0.15) is 5.26 Å². The maximum Gasteiger partial charge on any atom is 0.245 e. The predicted octanol–water partition coefficient (Wildman–Crippen LogP) is 12.1. The fraction of sp³-hybridized carbons (Fsp3) is 0.250. The van der Waals surface area contributed by atoms with Gasteiger partial charge in [0.05, 0.1) is 55.7 Å². The van der Waals surface area contributed by atoms with Crippen LogP contribution in [0.15, 0.2) is 103 Å². The van der Waals surface area contributed by atoms with Crippen LogP contribution in [-0.4, -0.2) is 26.5 Å². The Balaban J connectivity index is 1.22. The third kappa shape index (κ3) is 8.14. The standard InChI is InChI=1S/C48H44N6OS2/c1-3-4-5-6-7-8-9-10-11-19-30-55-34-28-26-33(27-29-34)43-40-41(45(54-43)46(50-2)48-52-37-23-16-18-25-39(37)57-48)42(32-20-13-12-14-21-32)53-44(40)35(31-49)47-51-36-22-15-17-24-38(36)56-47/h12-18,20-29,53-54H,3-11,19,30H2,1H3/b44-35-,46-45+. The molecule has 2 N–H and O–H groups in total. The molecule has 8 aromatic rings. The number of nitriles is 1. The number of fused-ring (bicyclic) bond motifs is 3. The molecule has 4 aromatic heterocycles. The molecule has 0 spiro atoms. The summed E-state index contributed by atoms with van der Waals surface area (Å²) in [5.41, 5.74) is 6.01. The molecule has 0 fully saturated rings. The summed E-state index contributed by atoms with van der Waals surface area (Å²) < 4.78 is 8.23. The summed E-state index contributed by atoms with van der Waals surface area (Å²) in [7, 11) is 0. The molecule has 0 atom stereocenters. The molecule has 8 rings (SSSR count). The molecule has 0 amide bonds. The zero-order valence-electron chi connectivity index (χ0n) is 32.1. The van der Waals surface area contributed by atoms with Crippen LogP contribution in [0.25, 0.3) is 69.8 Å². The molecule has 284 valence electrons. The Labute approximate surface area is 340 Å². The molecule has 4 aromatic carbocycles. The largest absolute Gasteiger partial charge is 0.494 e. The van der Waals surface area contributed by atoms with Gasteiger partial charge < -0.3 is 14.7 Å². The van der Waals surface area contributed by atoms with E-state index in [2.05, 4.69) is 39.9 Å². The van der Waals surface area contributed by atoms with Gasteiger partial charge in [0, 0.05) is 10.8 Å². The topological polar surface area (TPSA) is 94.7 Å². The Bertz CT molecular complexity index is 2690. The first kappa shape index (κ1) is 37.9. The minimum absolute atomic E-state index is 0.421. The smallest absolute Gasteiger partial charge is 0.245 e. The number of aromatic nitrogens is 4. The molecule has 0 aliphatic heterocycles. The van der Waals surface area contributed by atoms with Gasteiger partial charge >= 0.3 is 0 Å². The first-order valence-corrected chi connectivity index (χ1v) is 21.6. The van der Waals surface area contributed by atoms with Gasteiger partial charge in [0.25, 0.3) is 0 Å². The second-order valence-electron chi connectivity index (χ2n) is 14.3. The van der Waals surface area contributed by atoms with E-state index in [0.29, 0.717) is 38.6 Å². The predicted molar refractivity (Wildman–Crippen MR) is 237 cm³/mol. The van der Waals surface area contributed by atoms with Gasteiger partial charge in [-0.15, -0.1) is 22.7 Å². The average molecular weight is 785 g/mol. The van der Waals surface area contributed by atoms with Gasteiger partial charge in [0.1, 0.15) is 27.4 Å². The highest BCUT2D eigenvalue weighted by Gasteiger charge is 2.24. The summed E-state index contributed by atoms with van der Waals surface area (Å²) in [5, 5.41) is 15.1. The molecule has 0 aliphatic rings. The van der Waals surface area contributed by atoms with Crippen LogP contribution in [-0.2, 0) is 0 Å². The van der Waals surface area contributed by atoms with Gasteiger partial charge in [0.15, 0.2) is 0 Å². The summed E-state index contributed by atoms with van der Waals surface area (Å²) >= 11 is 3.00. The maximum atomic E-state index is 10.9. The van der Waals surface area contributed by atoms with Gasteiger partial charge in [-0.1, -0.05) is 119 Å². The molecule has 0 radical (unpaired) electrons. The van der Waals surface area contributed by atoms with Crippen LogP contribution in [0.5, 0.6) is 5.75 Å². The molecular formula is C48H44N6OS2. The van der Waals surface area contributed by atoms with Crippen molar-refractivity contribution in [3.05, 3.63) is 135 Å². The lowest BCUT2D eigenvalue weighted by Gasteiger charge is -2.07. The van der Waals surface area contributed by atoms with Crippen LogP contribution >= 0.6 is 22.7 Å². The van der Waals surface area contributed by atoms with Crippen molar-refractivity contribution in [1.82, 2.24) is 19.9 Å². The van der Waals surface area contributed by atoms with E-state index in [1.807, 2.05) is 91.0 Å². The van der Waals surface area contributed by atoms with Gasteiger partial charge in [-0.05, 0) is 66.1 Å². The van der Waals surface area contributed by atoms with Crippen LogP contribution in [0.3, 0.4) is 0 Å². The summed E-state index contributed by atoms with van der Waals surface area (Å²) in [6, 6.07) is 36.6. The average Bonchev–Trinajstić information content (AvgIpc) is 4.05. The molecule has 0 saturated heterocycles. The first-order chi connectivity index (χ1) is 28.2. The zero-order valence-corrected chi connectivity index (χ0v) is 33.7. The molecule has 57 heavy (non-hydrogen) atoms. The summed E-state index contributed by atoms with van der Waals surface area (Å²) in [6.45, 7) is 11.5. The lowest BCUT2D eigenvalue weighted by molar-refractivity contribution is 0.304. The van der Waals surface area contributed by atoms with Gasteiger partial charge in [-0.25, -0.2) is 14.8 Å². The van der Waals surface area contributed by atoms with Gasteiger partial charge in [0.2, 0.25) is 5.70 Å². The Morgan fingerprint density at radius 1 is 0.649 bits per heavy atom. The second-order valence-corrected chi connectivity index (χ2v) is 16.4. The molecule has 0 bridgehead atoms. The molecule has 0 aliphatic carbocycles. The molecule has 0 saturated carbocycles. The summed E-state index contributed by atoms with van der Waals surface area (Å²) in [6.07, 6.45) is 12.8. The SMILES string of the molecule is [C-]#[N+]/C(c1nc2ccccc2s1)=c1/[nH]c(-c2ccc(OCCCCCCCCCCCC)cc2)c2/c(=C(\C#N)c3nc4ccccc4s3)[nH]c(-c3ccccc3)c12. The van der Waals surface area contributed by atoms with Crippen molar-refractivity contribution in [2.45, 2.75) is 71.1 Å². The van der Waals surface area contributed by atoms with Crippen LogP contribution < -0.4 is 15.4 Å². The normalized spacial score (nSPS) is 12.5. The van der Waals surface area contributed by atoms with Crippen LogP contribution in [0, 0.1) is 17.9 Å². The fourth-order valence-electron chi connectivity index (χ4n) is 7.52. The van der Waals surface area contributed by atoms with E-state index in [1.54, 1.807) is 0 Å². The Morgan fingerprint density at radius 3 is 1.79 bits per heavy atom. The highest BCUT2D eigenvalue weighted by molar-refractivity contribution is 7.20. The summed E-state index contributed by atoms with van der Waals surface area (Å²) in [4.78, 5) is 21.4. The minimum Gasteiger partial charge on any atom is -0.494 e. The number of hydrogen-bond acceptors (Lipinski definition) is 6. The van der Waals surface area contributed by atoms with E-state index in [1.165, 1.54) is 80.5 Å². The minimum atomic E-state index is 0.421. The fourth-order valence-corrected chi connectivity index (χ4v) is 9.45. The molecule has 0 unspecified atom stereocenters. The van der Waals surface area contributed by atoms with Crippen molar-refractivity contribution in [3.8, 4) is 34.3 Å². The quantitative estimate of drug-likeness (QED) is 0.0753. The van der Waals surface area contributed by atoms with E-state index in [0.717, 1.165) is 65.9 Å². The van der Waals surface area contributed by atoms with Crippen molar-refractivity contribution in [3.63, 3.8) is 0 Å². The number of thiazole rings is 2. The van der Waals surface area contributed by atoms with Crippen LogP contribution in [0.4, 0.5) is 0 Å². The van der Waals surface area contributed by atoms with Crippen molar-refractivity contribution >= 4 is 65.1 Å². The monoisotopic (exact) mass is 784 g/mol. The summed E-state index contributed by atoms with van der Waals surface area (Å²) in [5.74, 6) is 0.818. The van der Waals surface area contributed by atoms with Crippen molar-refractivity contribution in [1.29, 1.82) is 5.26 Å². The molecule has 7 nitrogen and oxygen atoms in total. The number of H-pyrrole nitrogens is 2. The lowest BCUT2D eigenvalue weighted by Crippen LogP contribution is -2.10. The molecule has 9 heteroatoms. The van der Waals surface area contributed by atoms with E-state index in [9.17, 15) is 5.26 Å². The van der Waals surface area contributed by atoms with E-state index in [-0.39, 0.29) is 0 Å². The highest BCUT2D eigenvalue weighted by atomic mass is 32.1. The number of nitrogens with one attached hydrogen (secondary N) is 2. The first-order valence-electron chi connectivity index (χ1n) is 20.0. The molecular weight excluding hydrogens is 741 g/mol. The van der Waals surface area contributed by atoms with Gasteiger partial charge in [-0.3, -0.25) is 0 Å².